The van der Waals surface area contributed by atoms with Crippen LogP contribution < -0.4 is 15.1 Å². The molecule has 1 aliphatic rings. The molecule has 2 heterocycles. The van der Waals surface area contributed by atoms with Crippen LogP contribution in [0.4, 0.5) is 0 Å². The van der Waals surface area contributed by atoms with Crippen molar-refractivity contribution in [2.45, 2.75) is 30.7 Å². The van der Waals surface area contributed by atoms with Crippen LogP contribution in [0.15, 0.2) is 33.5 Å². The molecule has 0 saturated carbocycles. The third kappa shape index (κ3) is 3.32. The monoisotopic (exact) mass is 354 g/mol. The molecule has 1 aromatic heterocycles. The van der Waals surface area contributed by atoms with E-state index in [4.69, 9.17) is 18.6 Å². The molecule has 0 bridgehead atoms. The number of hydrogen-bond donors (Lipinski definition) is 4. The quantitative estimate of drug-likeness (QED) is 0.508. The van der Waals surface area contributed by atoms with Crippen molar-refractivity contribution < 1.29 is 39.1 Å². The maximum atomic E-state index is 11.3. The summed E-state index contributed by atoms with van der Waals surface area (Å²) in [6.45, 7) is -0.565. The number of fused-ring (bicyclic) bond motifs is 1. The van der Waals surface area contributed by atoms with E-state index in [9.17, 15) is 25.2 Å². The molecule has 1 saturated heterocycles. The number of rotatable bonds is 4. The van der Waals surface area contributed by atoms with Gasteiger partial charge in [0, 0.05) is 17.5 Å². The fourth-order valence-electron chi connectivity index (χ4n) is 2.62. The minimum atomic E-state index is -1.56. The summed E-state index contributed by atoms with van der Waals surface area (Å²) in [6, 6.07) is 5.72. The van der Waals surface area contributed by atoms with Crippen molar-refractivity contribution in [2.24, 2.45) is 0 Å². The van der Waals surface area contributed by atoms with Gasteiger partial charge in [-0.3, -0.25) is 0 Å². The molecule has 4 N–H and O–H groups in total. The van der Waals surface area contributed by atoms with Gasteiger partial charge in [0.2, 0.25) is 6.29 Å². The second kappa shape index (κ2) is 6.98. The van der Waals surface area contributed by atoms with Crippen LogP contribution in [0, 0.1) is 0 Å². The summed E-state index contributed by atoms with van der Waals surface area (Å²) in [5.41, 5.74) is -0.234. The molecule has 0 spiro atoms. The molecule has 3 rings (SSSR count). The molecular formula is C16H18O9. The zero-order valence-electron chi connectivity index (χ0n) is 13.2. The lowest BCUT2D eigenvalue weighted by Gasteiger charge is -2.39. The minimum Gasteiger partial charge on any atom is -0.493 e. The number of aliphatic hydroxyl groups excluding tert-OH is 4. The molecule has 0 radical (unpaired) electrons. The van der Waals surface area contributed by atoms with Crippen molar-refractivity contribution in [3.63, 3.8) is 0 Å². The molecule has 25 heavy (non-hydrogen) atoms. The van der Waals surface area contributed by atoms with Gasteiger partial charge >= 0.3 is 5.63 Å². The third-order valence-corrected chi connectivity index (χ3v) is 4.00. The predicted octanol–water partition coefficient (Wildman–Crippen LogP) is -1.02. The Hall–Kier alpha value is -2.17. The van der Waals surface area contributed by atoms with Crippen LogP contribution in [0.3, 0.4) is 0 Å². The SMILES string of the molecule is COc1cc2oc(=O)ccc2cc1OC1OC(CO)C(O)C(O)C1O. The van der Waals surface area contributed by atoms with Crippen LogP contribution in [0.2, 0.25) is 0 Å². The topological polar surface area (TPSA) is 139 Å². The van der Waals surface area contributed by atoms with E-state index in [1.165, 1.54) is 31.4 Å². The highest BCUT2D eigenvalue weighted by Gasteiger charge is 2.45. The Bertz CT molecular complexity index is 800. The molecule has 0 amide bonds. The summed E-state index contributed by atoms with van der Waals surface area (Å²) >= 11 is 0. The standard InChI is InChI=1S/C16H18O9/c1-22-9-5-8-7(2-3-12(18)23-8)4-10(9)24-16-15(21)14(20)13(19)11(6-17)25-16/h2-5,11,13-17,19-21H,6H2,1H3. The predicted molar refractivity (Wildman–Crippen MR) is 83.4 cm³/mol. The van der Waals surface area contributed by atoms with E-state index >= 15 is 0 Å². The Labute approximate surface area is 141 Å². The number of methoxy groups -OCH3 is 1. The van der Waals surface area contributed by atoms with Crippen molar-refractivity contribution in [1.29, 1.82) is 0 Å². The lowest BCUT2D eigenvalue weighted by atomic mass is 9.99. The molecule has 136 valence electrons. The molecular weight excluding hydrogens is 336 g/mol. The lowest BCUT2D eigenvalue weighted by molar-refractivity contribution is -0.277. The van der Waals surface area contributed by atoms with Crippen molar-refractivity contribution in [3.8, 4) is 11.5 Å². The van der Waals surface area contributed by atoms with Gasteiger partial charge in [-0.05, 0) is 12.1 Å². The van der Waals surface area contributed by atoms with Crippen molar-refractivity contribution in [3.05, 3.63) is 34.7 Å². The third-order valence-electron chi connectivity index (χ3n) is 4.00. The summed E-state index contributed by atoms with van der Waals surface area (Å²) in [4.78, 5) is 11.3. The van der Waals surface area contributed by atoms with E-state index in [0.29, 0.717) is 5.39 Å². The average Bonchev–Trinajstić information content (AvgIpc) is 2.61. The average molecular weight is 354 g/mol. The smallest absolute Gasteiger partial charge is 0.336 e. The van der Waals surface area contributed by atoms with Crippen molar-refractivity contribution in [2.75, 3.05) is 13.7 Å². The van der Waals surface area contributed by atoms with Gasteiger partial charge in [-0.15, -0.1) is 0 Å². The lowest BCUT2D eigenvalue weighted by Crippen LogP contribution is -2.60. The first kappa shape index (κ1) is 17.6. The first-order valence-corrected chi connectivity index (χ1v) is 7.53. The van der Waals surface area contributed by atoms with Crippen LogP contribution in [-0.4, -0.2) is 64.8 Å². The van der Waals surface area contributed by atoms with Crippen LogP contribution >= 0.6 is 0 Å². The molecule has 9 nitrogen and oxygen atoms in total. The summed E-state index contributed by atoms with van der Waals surface area (Å²) in [6.07, 6.45) is -7.02. The van der Waals surface area contributed by atoms with Gasteiger partial charge in [0.05, 0.1) is 13.7 Å². The first-order valence-electron chi connectivity index (χ1n) is 7.53. The minimum absolute atomic E-state index is 0.160. The van der Waals surface area contributed by atoms with Crippen LogP contribution in [0.1, 0.15) is 0 Å². The zero-order valence-corrected chi connectivity index (χ0v) is 13.2. The van der Waals surface area contributed by atoms with Gasteiger partial charge in [-0.1, -0.05) is 0 Å². The summed E-state index contributed by atoms with van der Waals surface area (Å²) < 4.78 is 21.1. The normalized spacial score (nSPS) is 29.6. The van der Waals surface area contributed by atoms with Gasteiger partial charge in [-0.2, -0.15) is 0 Å². The first-order chi connectivity index (χ1) is 11.9. The highest BCUT2D eigenvalue weighted by atomic mass is 16.7. The van der Waals surface area contributed by atoms with Gasteiger partial charge in [-0.25, -0.2) is 4.79 Å². The number of benzene rings is 1. The Morgan fingerprint density at radius 1 is 1.08 bits per heavy atom. The zero-order chi connectivity index (χ0) is 18.1. The Kier molecular flexibility index (Phi) is 4.93. The molecule has 5 atom stereocenters. The van der Waals surface area contributed by atoms with Crippen LogP contribution in [0.5, 0.6) is 11.5 Å². The molecule has 0 aliphatic carbocycles. The fourth-order valence-corrected chi connectivity index (χ4v) is 2.62. The van der Waals surface area contributed by atoms with Gasteiger partial charge < -0.3 is 39.1 Å². The Morgan fingerprint density at radius 2 is 1.84 bits per heavy atom. The van der Waals surface area contributed by atoms with E-state index < -0.39 is 42.9 Å². The number of aliphatic hydroxyl groups is 4. The summed E-state index contributed by atoms with van der Waals surface area (Å²) in [5, 5.41) is 39.4. The van der Waals surface area contributed by atoms with E-state index in [2.05, 4.69) is 0 Å². The number of ether oxygens (including phenoxy) is 3. The second-order valence-corrected chi connectivity index (χ2v) is 5.61. The highest BCUT2D eigenvalue weighted by molar-refractivity contribution is 5.80. The van der Waals surface area contributed by atoms with Crippen molar-refractivity contribution >= 4 is 11.0 Å². The molecule has 1 aliphatic heterocycles. The van der Waals surface area contributed by atoms with E-state index in [-0.39, 0.29) is 17.1 Å². The molecule has 5 unspecified atom stereocenters. The summed E-state index contributed by atoms with van der Waals surface area (Å²) in [7, 11) is 1.38. The van der Waals surface area contributed by atoms with E-state index in [1.807, 2.05) is 0 Å². The highest BCUT2D eigenvalue weighted by Crippen LogP contribution is 2.34. The summed E-state index contributed by atoms with van der Waals surface area (Å²) in [5.74, 6) is 0.368. The molecule has 2 aromatic rings. The van der Waals surface area contributed by atoms with Gasteiger partial charge in [0.1, 0.15) is 30.0 Å². The van der Waals surface area contributed by atoms with Gasteiger partial charge in [0.15, 0.2) is 11.5 Å². The molecule has 1 fully saturated rings. The maximum Gasteiger partial charge on any atom is 0.336 e. The molecule has 1 aromatic carbocycles. The Balaban J connectivity index is 1.93. The number of hydrogen-bond acceptors (Lipinski definition) is 9. The largest absolute Gasteiger partial charge is 0.493 e. The fraction of sp³-hybridized carbons (Fsp3) is 0.438. The van der Waals surface area contributed by atoms with E-state index in [1.54, 1.807) is 0 Å². The van der Waals surface area contributed by atoms with Crippen molar-refractivity contribution in [1.82, 2.24) is 0 Å². The Morgan fingerprint density at radius 3 is 2.52 bits per heavy atom. The van der Waals surface area contributed by atoms with Crippen LogP contribution in [0.25, 0.3) is 11.0 Å². The van der Waals surface area contributed by atoms with E-state index in [0.717, 1.165) is 0 Å². The van der Waals surface area contributed by atoms with Crippen LogP contribution in [-0.2, 0) is 4.74 Å². The van der Waals surface area contributed by atoms with Gasteiger partial charge in [0.25, 0.3) is 0 Å². The second-order valence-electron chi connectivity index (χ2n) is 5.61. The maximum absolute atomic E-state index is 11.3. The molecule has 9 heteroatoms.